The third kappa shape index (κ3) is 1.41. The number of hydrogen-bond donors (Lipinski definition) is 1. The molecule has 5 nitrogen and oxygen atoms in total. The van der Waals surface area contributed by atoms with Crippen LogP contribution in [0, 0.1) is 0 Å². The van der Waals surface area contributed by atoms with E-state index in [0.717, 1.165) is 0 Å². The molecule has 0 fully saturated rings. The van der Waals surface area contributed by atoms with Gasteiger partial charge in [0.1, 0.15) is 5.75 Å². The third-order valence-corrected chi connectivity index (χ3v) is 1.42. The van der Waals surface area contributed by atoms with E-state index in [1.54, 1.807) is 18.2 Å². The number of nitrogens with zero attached hydrogens (tertiary/aromatic N) is 3. The number of azide groups is 1. The zero-order valence-electron chi connectivity index (χ0n) is 6.56. The fourth-order valence-corrected chi connectivity index (χ4v) is 0.846. The average Bonchev–Trinajstić information content (AvgIpc) is 2.09. The van der Waals surface area contributed by atoms with Crippen molar-refractivity contribution < 1.29 is 4.74 Å². The number of ether oxygens (including phenoxy) is 1. The van der Waals surface area contributed by atoms with Gasteiger partial charge in [0, 0.05) is 4.91 Å². The summed E-state index contributed by atoms with van der Waals surface area (Å²) in [6, 6.07) is 5.03. The molecule has 62 valence electrons. The van der Waals surface area contributed by atoms with Crippen LogP contribution in [0.15, 0.2) is 23.3 Å². The largest absolute Gasteiger partial charge is 0.495 e. The van der Waals surface area contributed by atoms with E-state index in [9.17, 15) is 0 Å². The highest BCUT2D eigenvalue weighted by Crippen LogP contribution is 2.30. The molecule has 1 aromatic carbocycles. The van der Waals surface area contributed by atoms with Gasteiger partial charge in [0.25, 0.3) is 0 Å². The Kier molecular flexibility index (Phi) is 2.40. The molecule has 0 amide bonds. The molecule has 0 aliphatic carbocycles. The van der Waals surface area contributed by atoms with Gasteiger partial charge >= 0.3 is 0 Å². The second kappa shape index (κ2) is 3.50. The molecule has 0 aromatic heterocycles. The molecule has 0 unspecified atom stereocenters. The van der Waals surface area contributed by atoms with Gasteiger partial charge in [0.15, 0.2) is 0 Å². The molecule has 0 atom stereocenters. The normalized spacial score (nSPS) is 8.75. The van der Waals surface area contributed by atoms with E-state index in [-0.39, 0.29) is 0 Å². The molecule has 0 spiro atoms. The maximum atomic E-state index is 8.17. The van der Waals surface area contributed by atoms with Crippen molar-refractivity contribution in [3.05, 3.63) is 28.6 Å². The summed E-state index contributed by atoms with van der Waals surface area (Å²) < 4.78 is 4.92. The van der Waals surface area contributed by atoms with Crippen LogP contribution in [0.5, 0.6) is 5.75 Å². The van der Waals surface area contributed by atoms with Crippen LogP contribution in [0.3, 0.4) is 0 Å². The number of para-hydroxylation sites is 1. The molecule has 0 radical (unpaired) electrons. The van der Waals surface area contributed by atoms with Crippen molar-refractivity contribution in [3.8, 4) is 5.75 Å². The van der Waals surface area contributed by atoms with Gasteiger partial charge in [-0.3, -0.25) is 0 Å². The number of nitrogen functional groups attached to an aromatic ring is 1. The van der Waals surface area contributed by atoms with E-state index >= 15 is 0 Å². The van der Waals surface area contributed by atoms with E-state index in [2.05, 4.69) is 10.0 Å². The van der Waals surface area contributed by atoms with E-state index in [4.69, 9.17) is 16.0 Å². The molecular weight excluding hydrogens is 156 g/mol. The predicted molar refractivity (Wildman–Crippen MR) is 46.2 cm³/mol. The average molecular weight is 164 g/mol. The lowest BCUT2D eigenvalue weighted by Gasteiger charge is -2.04. The van der Waals surface area contributed by atoms with Crippen molar-refractivity contribution in [2.45, 2.75) is 0 Å². The molecule has 0 heterocycles. The SMILES string of the molecule is COc1cccc(N=[N+]=[N-])c1N. The Labute approximate surface area is 69.4 Å². The first-order chi connectivity index (χ1) is 5.79. The molecule has 0 aliphatic heterocycles. The predicted octanol–water partition coefficient (Wildman–Crippen LogP) is 2.22. The van der Waals surface area contributed by atoms with Crippen LogP contribution in [0.1, 0.15) is 0 Å². The van der Waals surface area contributed by atoms with Gasteiger partial charge in [-0.25, -0.2) is 0 Å². The first kappa shape index (κ1) is 8.23. The molecule has 0 saturated carbocycles. The Morgan fingerprint density at radius 1 is 1.58 bits per heavy atom. The number of methoxy groups -OCH3 is 1. The van der Waals surface area contributed by atoms with Crippen molar-refractivity contribution in [3.63, 3.8) is 0 Å². The molecular formula is C7H8N4O. The van der Waals surface area contributed by atoms with Crippen molar-refractivity contribution in [1.29, 1.82) is 0 Å². The number of nitrogens with two attached hydrogens (primary N) is 1. The summed E-state index contributed by atoms with van der Waals surface area (Å²) in [6.07, 6.45) is 0. The highest BCUT2D eigenvalue weighted by Gasteiger charge is 2.01. The third-order valence-electron chi connectivity index (χ3n) is 1.42. The summed E-state index contributed by atoms with van der Waals surface area (Å²) >= 11 is 0. The monoisotopic (exact) mass is 164 g/mol. The van der Waals surface area contributed by atoms with Gasteiger partial charge in [-0.05, 0) is 11.6 Å². The van der Waals surface area contributed by atoms with Gasteiger partial charge < -0.3 is 10.5 Å². The Hall–Kier alpha value is -1.87. The molecule has 12 heavy (non-hydrogen) atoms. The Morgan fingerprint density at radius 2 is 2.33 bits per heavy atom. The summed E-state index contributed by atoms with van der Waals surface area (Å²) in [5.74, 6) is 0.514. The lowest BCUT2D eigenvalue weighted by atomic mass is 10.2. The highest BCUT2D eigenvalue weighted by atomic mass is 16.5. The van der Waals surface area contributed by atoms with Gasteiger partial charge in [-0.15, -0.1) is 0 Å². The van der Waals surface area contributed by atoms with Crippen LogP contribution in [0.25, 0.3) is 10.4 Å². The maximum Gasteiger partial charge on any atom is 0.142 e. The first-order valence-electron chi connectivity index (χ1n) is 3.27. The van der Waals surface area contributed by atoms with Crippen LogP contribution in [-0.2, 0) is 0 Å². The fourth-order valence-electron chi connectivity index (χ4n) is 0.846. The molecule has 0 saturated heterocycles. The van der Waals surface area contributed by atoms with E-state index in [1.165, 1.54) is 7.11 Å². The van der Waals surface area contributed by atoms with Crippen molar-refractivity contribution in [1.82, 2.24) is 0 Å². The van der Waals surface area contributed by atoms with Gasteiger partial charge in [0.05, 0.1) is 18.5 Å². The van der Waals surface area contributed by atoms with E-state index in [0.29, 0.717) is 17.1 Å². The fraction of sp³-hybridized carbons (Fsp3) is 0.143. The van der Waals surface area contributed by atoms with Crippen LogP contribution < -0.4 is 10.5 Å². The first-order valence-corrected chi connectivity index (χ1v) is 3.27. The molecule has 5 heteroatoms. The highest BCUT2D eigenvalue weighted by molar-refractivity contribution is 5.69. The quantitative estimate of drug-likeness (QED) is 0.314. The van der Waals surface area contributed by atoms with Gasteiger partial charge in [-0.1, -0.05) is 17.2 Å². The Balaban J connectivity index is 3.22. The number of benzene rings is 1. The van der Waals surface area contributed by atoms with Crippen molar-refractivity contribution in [2.75, 3.05) is 12.8 Å². The summed E-state index contributed by atoms with van der Waals surface area (Å²) in [6.45, 7) is 0. The van der Waals surface area contributed by atoms with Crippen molar-refractivity contribution in [2.24, 2.45) is 5.11 Å². The van der Waals surface area contributed by atoms with Crippen LogP contribution in [0.4, 0.5) is 11.4 Å². The second-order valence-corrected chi connectivity index (χ2v) is 2.08. The zero-order chi connectivity index (χ0) is 8.97. The minimum atomic E-state index is 0.359. The molecule has 1 aromatic rings. The second-order valence-electron chi connectivity index (χ2n) is 2.08. The standard InChI is InChI=1S/C7H8N4O/c1-12-6-4-2-3-5(7(6)8)10-11-9/h2-4H,8H2,1H3. The summed E-state index contributed by atoms with van der Waals surface area (Å²) in [7, 11) is 1.51. The minimum absolute atomic E-state index is 0.359. The molecule has 2 N–H and O–H groups in total. The lowest BCUT2D eigenvalue weighted by molar-refractivity contribution is 0.417. The topological polar surface area (TPSA) is 84.0 Å². The number of anilines is 1. The minimum Gasteiger partial charge on any atom is -0.495 e. The number of rotatable bonds is 2. The van der Waals surface area contributed by atoms with Crippen LogP contribution in [0.2, 0.25) is 0 Å². The molecule has 1 rings (SSSR count). The van der Waals surface area contributed by atoms with Gasteiger partial charge in [0.2, 0.25) is 0 Å². The van der Waals surface area contributed by atoms with Crippen LogP contribution in [-0.4, -0.2) is 7.11 Å². The van der Waals surface area contributed by atoms with Gasteiger partial charge in [-0.2, -0.15) is 0 Å². The smallest absolute Gasteiger partial charge is 0.142 e. The summed E-state index contributed by atoms with van der Waals surface area (Å²) in [5.41, 5.74) is 14.5. The molecule has 0 bridgehead atoms. The Bertz CT molecular complexity index is 330. The number of hydrogen-bond acceptors (Lipinski definition) is 3. The summed E-state index contributed by atoms with van der Waals surface area (Å²) in [4.78, 5) is 2.63. The lowest BCUT2D eigenvalue weighted by Crippen LogP contribution is -1.91. The van der Waals surface area contributed by atoms with Crippen LogP contribution >= 0.6 is 0 Å². The molecule has 0 aliphatic rings. The van der Waals surface area contributed by atoms with E-state index < -0.39 is 0 Å². The maximum absolute atomic E-state index is 8.17. The summed E-state index contributed by atoms with van der Waals surface area (Å²) in [5, 5.41) is 3.39. The van der Waals surface area contributed by atoms with E-state index in [1.807, 2.05) is 0 Å². The Morgan fingerprint density at radius 3 is 2.92 bits per heavy atom. The zero-order valence-corrected chi connectivity index (χ0v) is 6.56. The van der Waals surface area contributed by atoms with Crippen molar-refractivity contribution >= 4 is 11.4 Å².